The Balaban J connectivity index is 2.04. The summed E-state index contributed by atoms with van der Waals surface area (Å²) in [6.07, 6.45) is 2.01. The van der Waals surface area contributed by atoms with Gasteiger partial charge in [0, 0.05) is 10.8 Å². The van der Waals surface area contributed by atoms with Crippen LogP contribution < -0.4 is 5.32 Å². The minimum atomic E-state index is 0.0745. The molecule has 2 rings (SSSR count). The third-order valence-corrected chi connectivity index (χ3v) is 3.28. The molecule has 5 heteroatoms. The van der Waals surface area contributed by atoms with Gasteiger partial charge in [-0.25, -0.2) is 4.98 Å². The molecule has 0 saturated heterocycles. The molecule has 1 fully saturated rings. The molecule has 70 valence electrons. The van der Waals surface area contributed by atoms with Crippen molar-refractivity contribution >= 4 is 34.0 Å². The topological polar surface area (TPSA) is 42.0 Å². The number of carbonyl (C=O) groups is 1. The molecule has 0 aliphatic heterocycles. The second kappa shape index (κ2) is 3.27. The maximum Gasteiger partial charge on any atom is 0.229 e. The minimum absolute atomic E-state index is 0.0745. The summed E-state index contributed by atoms with van der Waals surface area (Å²) in [6, 6.07) is 0. The first-order valence-electron chi connectivity index (χ1n) is 4.10. The van der Waals surface area contributed by atoms with Crippen molar-refractivity contribution in [3.8, 4) is 0 Å². The van der Waals surface area contributed by atoms with E-state index in [0.29, 0.717) is 10.3 Å². The van der Waals surface area contributed by atoms with Gasteiger partial charge in [-0.05, 0) is 19.8 Å². The lowest BCUT2D eigenvalue weighted by Gasteiger charge is -1.96. The molecule has 0 radical (unpaired) electrons. The normalized spacial score (nSPS) is 15.8. The van der Waals surface area contributed by atoms with Gasteiger partial charge in [-0.15, -0.1) is 11.3 Å². The first kappa shape index (κ1) is 8.97. The summed E-state index contributed by atoms with van der Waals surface area (Å²) >= 11 is 7.17. The van der Waals surface area contributed by atoms with Crippen LogP contribution >= 0.6 is 22.9 Å². The van der Waals surface area contributed by atoms with Crippen molar-refractivity contribution < 1.29 is 4.79 Å². The molecule has 0 unspecified atom stereocenters. The zero-order valence-corrected chi connectivity index (χ0v) is 8.71. The van der Waals surface area contributed by atoms with Crippen molar-refractivity contribution in [2.45, 2.75) is 19.8 Å². The number of halogens is 1. The van der Waals surface area contributed by atoms with Crippen LogP contribution in [0, 0.1) is 12.8 Å². The number of hydrogen-bond acceptors (Lipinski definition) is 3. The van der Waals surface area contributed by atoms with Gasteiger partial charge in [0.2, 0.25) is 5.91 Å². The third-order valence-electron chi connectivity index (χ3n) is 1.92. The Hall–Kier alpha value is -0.610. The standard InChI is InChI=1S/C8H9ClN2OS/c1-4-6(9)10-8(13-4)11-7(12)5-2-3-5/h5H,2-3H2,1H3,(H,10,11,12). The molecular weight excluding hydrogens is 208 g/mol. The van der Waals surface area contributed by atoms with Crippen molar-refractivity contribution in [2.75, 3.05) is 5.32 Å². The largest absolute Gasteiger partial charge is 0.302 e. The molecule has 1 amide bonds. The summed E-state index contributed by atoms with van der Waals surface area (Å²) in [7, 11) is 0. The number of carbonyl (C=O) groups excluding carboxylic acids is 1. The Morgan fingerprint density at radius 2 is 2.38 bits per heavy atom. The summed E-state index contributed by atoms with van der Waals surface area (Å²) in [5.74, 6) is 0.286. The lowest BCUT2D eigenvalue weighted by atomic mass is 10.4. The molecule has 1 aromatic rings. The van der Waals surface area contributed by atoms with Gasteiger partial charge in [-0.3, -0.25) is 4.79 Å². The van der Waals surface area contributed by atoms with Crippen LogP contribution in [0.1, 0.15) is 17.7 Å². The molecular formula is C8H9ClN2OS. The first-order chi connectivity index (χ1) is 6.16. The molecule has 0 aromatic carbocycles. The molecule has 13 heavy (non-hydrogen) atoms. The fourth-order valence-corrected chi connectivity index (χ4v) is 1.94. The molecule has 3 nitrogen and oxygen atoms in total. The fourth-order valence-electron chi connectivity index (χ4n) is 0.984. The highest BCUT2D eigenvalue weighted by Gasteiger charge is 2.30. The molecule has 1 aromatic heterocycles. The third kappa shape index (κ3) is 2.00. The summed E-state index contributed by atoms with van der Waals surface area (Å²) in [4.78, 5) is 16.3. The quantitative estimate of drug-likeness (QED) is 0.825. The molecule has 0 spiro atoms. The van der Waals surface area contributed by atoms with Gasteiger partial charge >= 0.3 is 0 Å². The Bertz CT molecular complexity index is 326. The van der Waals surface area contributed by atoms with Gasteiger partial charge in [-0.1, -0.05) is 11.6 Å². The average molecular weight is 217 g/mol. The number of hydrogen-bond donors (Lipinski definition) is 1. The number of amides is 1. The van der Waals surface area contributed by atoms with Crippen LogP contribution in [0.3, 0.4) is 0 Å². The highest BCUT2D eigenvalue weighted by Crippen LogP contribution is 2.32. The lowest BCUT2D eigenvalue weighted by molar-refractivity contribution is -0.117. The van der Waals surface area contributed by atoms with E-state index < -0.39 is 0 Å². The van der Waals surface area contributed by atoms with E-state index in [1.54, 1.807) is 0 Å². The number of aromatic nitrogens is 1. The monoisotopic (exact) mass is 216 g/mol. The van der Waals surface area contributed by atoms with E-state index in [0.717, 1.165) is 17.7 Å². The highest BCUT2D eigenvalue weighted by molar-refractivity contribution is 7.16. The van der Waals surface area contributed by atoms with Crippen LogP contribution in [-0.2, 0) is 4.79 Å². The Morgan fingerprint density at radius 1 is 1.69 bits per heavy atom. The highest BCUT2D eigenvalue weighted by atomic mass is 35.5. The zero-order chi connectivity index (χ0) is 9.42. The van der Waals surface area contributed by atoms with E-state index in [9.17, 15) is 4.79 Å². The van der Waals surface area contributed by atoms with E-state index in [1.165, 1.54) is 11.3 Å². The predicted molar refractivity (Wildman–Crippen MR) is 53.2 cm³/mol. The molecule has 1 aliphatic rings. The van der Waals surface area contributed by atoms with Gasteiger partial charge in [0.15, 0.2) is 5.13 Å². The summed E-state index contributed by atoms with van der Waals surface area (Å²) in [5, 5.41) is 3.84. The van der Waals surface area contributed by atoms with Crippen LogP contribution in [0.25, 0.3) is 0 Å². The van der Waals surface area contributed by atoms with Gasteiger partial charge in [-0.2, -0.15) is 0 Å². The minimum Gasteiger partial charge on any atom is -0.302 e. The Morgan fingerprint density at radius 3 is 2.85 bits per heavy atom. The number of aryl methyl sites for hydroxylation is 1. The lowest BCUT2D eigenvalue weighted by Crippen LogP contribution is -2.12. The van der Waals surface area contributed by atoms with E-state index in [-0.39, 0.29) is 11.8 Å². The number of rotatable bonds is 2. The van der Waals surface area contributed by atoms with E-state index >= 15 is 0 Å². The smallest absolute Gasteiger partial charge is 0.229 e. The van der Waals surface area contributed by atoms with Gasteiger partial charge in [0.05, 0.1) is 0 Å². The number of anilines is 1. The van der Waals surface area contributed by atoms with Gasteiger partial charge in [0.1, 0.15) is 5.15 Å². The summed E-state index contributed by atoms with van der Waals surface area (Å²) in [6.45, 7) is 1.88. The number of nitrogens with one attached hydrogen (secondary N) is 1. The summed E-state index contributed by atoms with van der Waals surface area (Å²) in [5.41, 5.74) is 0. The molecule has 1 aliphatic carbocycles. The number of thiazole rings is 1. The molecule has 1 heterocycles. The molecule has 1 N–H and O–H groups in total. The van der Waals surface area contributed by atoms with E-state index in [2.05, 4.69) is 10.3 Å². The van der Waals surface area contributed by atoms with Gasteiger partial charge in [0.25, 0.3) is 0 Å². The second-order valence-electron chi connectivity index (χ2n) is 3.13. The fraction of sp³-hybridized carbons (Fsp3) is 0.500. The van der Waals surface area contributed by atoms with Crippen molar-refractivity contribution in [2.24, 2.45) is 5.92 Å². The van der Waals surface area contributed by atoms with Gasteiger partial charge < -0.3 is 5.32 Å². The van der Waals surface area contributed by atoms with Crippen molar-refractivity contribution in [1.29, 1.82) is 0 Å². The van der Waals surface area contributed by atoms with Crippen molar-refractivity contribution in [3.63, 3.8) is 0 Å². The second-order valence-corrected chi connectivity index (χ2v) is 4.69. The maximum absolute atomic E-state index is 11.3. The SMILES string of the molecule is Cc1sc(NC(=O)C2CC2)nc1Cl. The zero-order valence-electron chi connectivity index (χ0n) is 7.13. The van der Waals surface area contributed by atoms with E-state index in [4.69, 9.17) is 11.6 Å². The molecule has 1 saturated carbocycles. The average Bonchev–Trinajstić information content (AvgIpc) is 2.81. The van der Waals surface area contributed by atoms with Crippen LogP contribution in [0.2, 0.25) is 5.15 Å². The van der Waals surface area contributed by atoms with Crippen LogP contribution in [-0.4, -0.2) is 10.9 Å². The summed E-state index contributed by atoms with van der Waals surface area (Å²) < 4.78 is 0. The van der Waals surface area contributed by atoms with Crippen molar-refractivity contribution in [1.82, 2.24) is 4.98 Å². The Labute approximate surface area is 85.1 Å². The Kier molecular flexibility index (Phi) is 2.26. The maximum atomic E-state index is 11.3. The number of nitrogens with zero attached hydrogens (tertiary/aromatic N) is 1. The van der Waals surface area contributed by atoms with Crippen LogP contribution in [0.15, 0.2) is 0 Å². The van der Waals surface area contributed by atoms with Crippen LogP contribution in [0.4, 0.5) is 5.13 Å². The van der Waals surface area contributed by atoms with E-state index in [1.807, 2.05) is 6.92 Å². The predicted octanol–water partition coefficient (Wildman–Crippen LogP) is 2.45. The molecule has 0 atom stereocenters. The van der Waals surface area contributed by atoms with Crippen LogP contribution in [0.5, 0.6) is 0 Å². The molecule has 0 bridgehead atoms. The first-order valence-corrected chi connectivity index (χ1v) is 5.30. The van der Waals surface area contributed by atoms with Crippen molar-refractivity contribution in [3.05, 3.63) is 10.0 Å².